The van der Waals surface area contributed by atoms with Crippen molar-refractivity contribution in [2.24, 2.45) is 5.10 Å². The number of rotatable bonds is 6. The Morgan fingerprint density at radius 3 is 2.42 bits per heavy atom. The molecule has 8 heteroatoms. The molecule has 0 saturated heterocycles. The standard InChI is InChI=1S/C16H21N3O5/c1-19(16(21)11-6-8-13(20)18-17-11)9-10-5-7-12(22-2)15(24-4)14(10)23-3/h5,7H,6,8-9H2,1-4H3,(H,18,20). The molecule has 1 aliphatic heterocycles. The SMILES string of the molecule is COc1ccc(CN(C)C(=O)C2=NNC(=O)CC2)c(OC)c1OC. The number of ether oxygens (including phenoxy) is 3. The lowest BCUT2D eigenvalue weighted by molar-refractivity contribution is -0.124. The van der Waals surface area contributed by atoms with E-state index in [1.165, 1.54) is 19.1 Å². The highest BCUT2D eigenvalue weighted by Crippen LogP contribution is 2.40. The summed E-state index contributed by atoms with van der Waals surface area (Å²) in [5.41, 5.74) is 3.43. The second kappa shape index (κ2) is 7.67. The van der Waals surface area contributed by atoms with Crippen LogP contribution in [-0.2, 0) is 16.1 Å². The van der Waals surface area contributed by atoms with Gasteiger partial charge in [-0.05, 0) is 12.1 Å². The van der Waals surface area contributed by atoms with Gasteiger partial charge in [0.2, 0.25) is 11.7 Å². The van der Waals surface area contributed by atoms with E-state index in [4.69, 9.17) is 14.2 Å². The molecule has 1 aliphatic rings. The van der Waals surface area contributed by atoms with Crippen molar-refractivity contribution in [3.8, 4) is 17.2 Å². The average molecular weight is 335 g/mol. The van der Waals surface area contributed by atoms with Crippen LogP contribution in [0.3, 0.4) is 0 Å². The lowest BCUT2D eigenvalue weighted by atomic mass is 10.1. The number of hydrazone groups is 1. The van der Waals surface area contributed by atoms with Crippen molar-refractivity contribution in [2.75, 3.05) is 28.4 Å². The van der Waals surface area contributed by atoms with Crippen LogP contribution < -0.4 is 19.6 Å². The van der Waals surface area contributed by atoms with E-state index < -0.39 is 0 Å². The van der Waals surface area contributed by atoms with Crippen LogP contribution in [0.5, 0.6) is 17.2 Å². The Morgan fingerprint density at radius 1 is 1.17 bits per heavy atom. The van der Waals surface area contributed by atoms with Gasteiger partial charge in [0.1, 0.15) is 5.71 Å². The summed E-state index contributed by atoms with van der Waals surface area (Å²) in [6.45, 7) is 0.301. The third-order valence-corrected chi connectivity index (χ3v) is 3.69. The summed E-state index contributed by atoms with van der Waals surface area (Å²) in [7, 11) is 6.27. The minimum Gasteiger partial charge on any atom is -0.493 e. The molecule has 0 fully saturated rings. The zero-order chi connectivity index (χ0) is 17.7. The number of nitrogens with zero attached hydrogens (tertiary/aromatic N) is 2. The molecule has 2 amide bonds. The Balaban J connectivity index is 2.21. The molecular weight excluding hydrogens is 314 g/mol. The van der Waals surface area contributed by atoms with Gasteiger partial charge in [-0.1, -0.05) is 0 Å². The summed E-state index contributed by atoms with van der Waals surface area (Å²) in [6, 6.07) is 3.57. The van der Waals surface area contributed by atoms with Crippen molar-refractivity contribution in [3.05, 3.63) is 17.7 Å². The molecule has 1 aromatic rings. The first-order valence-electron chi connectivity index (χ1n) is 7.40. The van der Waals surface area contributed by atoms with Gasteiger partial charge in [0.15, 0.2) is 11.5 Å². The number of methoxy groups -OCH3 is 3. The molecule has 0 aliphatic carbocycles. The molecule has 1 heterocycles. The molecule has 24 heavy (non-hydrogen) atoms. The molecule has 0 unspecified atom stereocenters. The second-order valence-corrected chi connectivity index (χ2v) is 5.25. The molecule has 0 radical (unpaired) electrons. The van der Waals surface area contributed by atoms with E-state index >= 15 is 0 Å². The predicted molar refractivity (Wildman–Crippen MR) is 87.4 cm³/mol. The van der Waals surface area contributed by atoms with Crippen molar-refractivity contribution in [3.63, 3.8) is 0 Å². The topological polar surface area (TPSA) is 89.5 Å². The van der Waals surface area contributed by atoms with Crippen molar-refractivity contribution < 1.29 is 23.8 Å². The van der Waals surface area contributed by atoms with E-state index in [1.54, 1.807) is 20.2 Å². The third kappa shape index (κ3) is 3.58. The molecule has 1 N–H and O–H groups in total. The highest BCUT2D eigenvalue weighted by molar-refractivity contribution is 6.39. The Hall–Kier alpha value is -2.77. The minimum atomic E-state index is -0.244. The van der Waals surface area contributed by atoms with E-state index in [0.717, 1.165) is 5.56 Å². The Labute approximate surface area is 140 Å². The van der Waals surface area contributed by atoms with Gasteiger partial charge in [-0.15, -0.1) is 0 Å². The highest BCUT2D eigenvalue weighted by Gasteiger charge is 2.23. The quantitative estimate of drug-likeness (QED) is 0.835. The average Bonchev–Trinajstić information content (AvgIpc) is 2.61. The van der Waals surface area contributed by atoms with Crippen LogP contribution in [0.15, 0.2) is 17.2 Å². The fraction of sp³-hybridized carbons (Fsp3) is 0.438. The van der Waals surface area contributed by atoms with Crippen molar-refractivity contribution in [1.82, 2.24) is 10.3 Å². The van der Waals surface area contributed by atoms with Crippen LogP contribution in [0.4, 0.5) is 0 Å². The van der Waals surface area contributed by atoms with Gasteiger partial charge in [-0.2, -0.15) is 5.10 Å². The lowest BCUT2D eigenvalue weighted by Crippen LogP contribution is -2.37. The summed E-state index contributed by atoms with van der Waals surface area (Å²) < 4.78 is 16.0. The molecule has 1 aromatic carbocycles. The molecule has 0 atom stereocenters. The monoisotopic (exact) mass is 335 g/mol. The van der Waals surface area contributed by atoms with Crippen LogP contribution in [0, 0.1) is 0 Å². The Kier molecular flexibility index (Phi) is 5.62. The number of benzene rings is 1. The van der Waals surface area contributed by atoms with Crippen LogP contribution in [0.1, 0.15) is 18.4 Å². The number of nitrogens with one attached hydrogen (secondary N) is 1. The molecule has 0 bridgehead atoms. The van der Waals surface area contributed by atoms with Gasteiger partial charge < -0.3 is 19.1 Å². The van der Waals surface area contributed by atoms with Crippen molar-refractivity contribution in [2.45, 2.75) is 19.4 Å². The van der Waals surface area contributed by atoms with Crippen molar-refractivity contribution in [1.29, 1.82) is 0 Å². The largest absolute Gasteiger partial charge is 0.493 e. The molecule has 0 aromatic heterocycles. The maximum atomic E-state index is 12.4. The lowest BCUT2D eigenvalue weighted by Gasteiger charge is -2.22. The Morgan fingerprint density at radius 2 is 1.88 bits per heavy atom. The van der Waals surface area contributed by atoms with Gasteiger partial charge in [-0.25, -0.2) is 5.43 Å². The normalized spacial score (nSPS) is 13.7. The van der Waals surface area contributed by atoms with E-state index in [-0.39, 0.29) is 18.2 Å². The number of carbonyl (C=O) groups is 2. The van der Waals surface area contributed by atoms with Crippen LogP contribution in [-0.4, -0.2) is 50.8 Å². The zero-order valence-corrected chi connectivity index (χ0v) is 14.2. The van der Waals surface area contributed by atoms with Crippen LogP contribution in [0.2, 0.25) is 0 Å². The summed E-state index contributed by atoms with van der Waals surface area (Å²) in [4.78, 5) is 25.1. The molecule has 2 rings (SSSR count). The summed E-state index contributed by atoms with van der Waals surface area (Å²) in [6.07, 6.45) is 0.593. The van der Waals surface area contributed by atoms with Crippen LogP contribution >= 0.6 is 0 Å². The number of carbonyl (C=O) groups excluding carboxylic acids is 2. The highest BCUT2D eigenvalue weighted by atomic mass is 16.5. The van der Waals surface area contributed by atoms with Gasteiger partial charge in [0, 0.05) is 32.0 Å². The van der Waals surface area contributed by atoms with E-state index in [9.17, 15) is 9.59 Å². The van der Waals surface area contributed by atoms with Crippen molar-refractivity contribution >= 4 is 17.5 Å². The second-order valence-electron chi connectivity index (χ2n) is 5.25. The van der Waals surface area contributed by atoms with Gasteiger partial charge in [0.05, 0.1) is 21.3 Å². The predicted octanol–water partition coefficient (Wildman–Crippen LogP) is 0.937. The summed E-state index contributed by atoms with van der Waals surface area (Å²) in [5, 5.41) is 3.83. The van der Waals surface area contributed by atoms with E-state index in [2.05, 4.69) is 10.5 Å². The minimum absolute atomic E-state index is 0.184. The third-order valence-electron chi connectivity index (χ3n) is 3.69. The number of amides is 2. The first-order valence-corrected chi connectivity index (χ1v) is 7.40. The summed E-state index contributed by atoms with van der Waals surface area (Å²) in [5.74, 6) is 1.10. The molecule has 0 saturated carbocycles. The van der Waals surface area contributed by atoms with Gasteiger partial charge in [0.25, 0.3) is 5.91 Å². The fourth-order valence-corrected chi connectivity index (χ4v) is 2.46. The van der Waals surface area contributed by atoms with Gasteiger partial charge in [-0.3, -0.25) is 9.59 Å². The smallest absolute Gasteiger partial charge is 0.270 e. The molecular formula is C16H21N3O5. The van der Waals surface area contributed by atoms with Crippen LogP contribution in [0.25, 0.3) is 0 Å². The van der Waals surface area contributed by atoms with E-state index in [1.807, 2.05) is 6.07 Å². The summed E-state index contributed by atoms with van der Waals surface area (Å²) >= 11 is 0. The van der Waals surface area contributed by atoms with Gasteiger partial charge >= 0.3 is 0 Å². The maximum Gasteiger partial charge on any atom is 0.270 e. The van der Waals surface area contributed by atoms with E-state index in [0.29, 0.717) is 35.9 Å². The Bertz CT molecular complexity index is 672. The number of hydrogen-bond donors (Lipinski definition) is 1. The molecule has 0 spiro atoms. The molecule has 130 valence electrons. The fourth-order valence-electron chi connectivity index (χ4n) is 2.46. The zero-order valence-electron chi connectivity index (χ0n) is 14.2. The first-order chi connectivity index (χ1) is 11.5. The molecule has 8 nitrogen and oxygen atoms in total. The maximum absolute atomic E-state index is 12.4. The first kappa shape index (κ1) is 17.6. The number of hydrogen-bond acceptors (Lipinski definition) is 6.